The second kappa shape index (κ2) is 3.79. The van der Waals surface area contributed by atoms with Crippen LogP contribution in [0.4, 0.5) is 0 Å². The maximum absolute atomic E-state index is 10.9. The number of aliphatic hydroxyl groups is 1. The van der Waals surface area contributed by atoms with Crippen molar-refractivity contribution >= 4 is 0 Å². The van der Waals surface area contributed by atoms with Gasteiger partial charge >= 0.3 is 0 Å². The molecule has 2 aliphatic heterocycles. The first-order valence-electron chi connectivity index (χ1n) is 6.49. The summed E-state index contributed by atoms with van der Waals surface area (Å²) in [4.78, 5) is 4.39. The van der Waals surface area contributed by atoms with E-state index in [1.54, 1.807) is 0 Å². The molecular weight excluding hydrogens is 212 g/mol. The second-order valence-corrected chi connectivity index (χ2v) is 5.72. The van der Waals surface area contributed by atoms with Gasteiger partial charge < -0.3 is 10.4 Å². The van der Waals surface area contributed by atoms with E-state index in [0.29, 0.717) is 12.1 Å². The number of hydrogen-bond acceptors (Lipinski definition) is 3. The van der Waals surface area contributed by atoms with Crippen LogP contribution in [-0.2, 0) is 5.60 Å². The van der Waals surface area contributed by atoms with Crippen LogP contribution in [0, 0.1) is 13.8 Å². The Hall–Kier alpha value is -0.930. The molecule has 0 spiro atoms. The minimum Gasteiger partial charge on any atom is -0.385 e. The van der Waals surface area contributed by atoms with Crippen LogP contribution in [0.2, 0.25) is 0 Å². The van der Waals surface area contributed by atoms with Crippen LogP contribution in [0.25, 0.3) is 0 Å². The summed E-state index contributed by atoms with van der Waals surface area (Å²) in [6.07, 6.45) is 4.09. The second-order valence-electron chi connectivity index (χ2n) is 5.72. The third-order valence-electron chi connectivity index (χ3n) is 4.12. The number of hydrogen-bond donors (Lipinski definition) is 2. The topological polar surface area (TPSA) is 45.1 Å². The summed E-state index contributed by atoms with van der Waals surface area (Å²) < 4.78 is 0. The highest BCUT2D eigenvalue weighted by molar-refractivity contribution is 5.28. The van der Waals surface area contributed by atoms with Crippen molar-refractivity contribution in [3.05, 3.63) is 29.1 Å². The monoisotopic (exact) mass is 232 g/mol. The Morgan fingerprint density at radius 2 is 1.71 bits per heavy atom. The summed E-state index contributed by atoms with van der Waals surface area (Å²) in [6.45, 7) is 3.99. The van der Waals surface area contributed by atoms with E-state index in [9.17, 15) is 5.11 Å². The Bertz CT molecular complexity index is 412. The molecule has 3 heteroatoms. The van der Waals surface area contributed by atoms with Crippen LogP contribution in [0.15, 0.2) is 12.1 Å². The lowest BCUT2D eigenvalue weighted by Gasteiger charge is -2.37. The molecule has 2 atom stereocenters. The van der Waals surface area contributed by atoms with E-state index in [0.717, 1.165) is 29.8 Å². The first-order valence-corrected chi connectivity index (χ1v) is 6.49. The Morgan fingerprint density at radius 1 is 1.18 bits per heavy atom. The molecule has 2 fully saturated rings. The number of piperidine rings is 1. The molecule has 1 aromatic rings. The van der Waals surface area contributed by atoms with Gasteiger partial charge in [0.2, 0.25) is 0 Å². The van der Waals surface area contributed by atoms with E-state index in [2.05, 4.69) is 10.3 Å². The minimum atomic E-state index is -0.643. The molecule has 1 aromatic heterocycles. The smallest absolute Gasteiger partial charge is 0.0927 e. The number of aryl methyl sites for hydroxylation is 2. The fourth-order valence-electron chi connectivity index (χ4n) is 3.46. The number of aromatic nitrogens is 1. The standard InChI is InChI=1S/C14H20N2O/c1-9-5-11(6-10(2)15-9)14(17)7-12-3-4-13(8-14)16-12/h5-6,12-13,16-17H,3-4,7-8H2,1-2H3. The Labute approximate surface area is 102 Å². The number of pyridine rings is 1. The Kier molecular flexibility index (Phi) is 2.49. The molecule has 0 radical (unpaired) electrons. The van der Waals surface area contributed by atoms with E-state index in [4.69, 9.17) is 0 Å². The molecule has 92 valence electrons. The van der Waals surface area contributed by atoms with Gasteiger partial charge in [-0.1, -0.05) is 0 Å². The van der Waals surface area contributed by atoms with Gasteiger partial charge in [0, 0.05) is 23.5 Å². The minimum absolute atomic E-state index is 0.493. The Balaban J connectivity index is 1.96. The highest BCUT2D eigenvalue weighted by Gasteiger charge is 2.43. The van der Waals surface area contributed by atoms with Crippen molar-refractivity contribution in [2.45, 2.75) is 57.2 Å². The van der Waals surface area contributed by atoms with Gasteiger partial charge in [-0.2, -0.15) is 0 Å². The summed E-state index contributed by atoms with van der Waals surface area (Å²) in [6, 6.07) is 5.07. The SMILES string of the molecule is Cc1cc(C2(O)CC3CCC(C2)N3)cc(C)n1. The maximum Gasteiger partial charge on any atom is 0.0927 e. The zero-order valence-corrected chi connectivity index (χ0v) is 10.5. The zero-order chi connectivity index (χ0) is 12.0. The van der Waals surface area contributed by atoms with Crippen molar-refractivity contribution in [2.24, 2.45) is 0 Å². The summed E-state index contributed by atoms with van der Waals surface area (Å²) >= 11 is 0. The van der Waals surface area contributed by atoms with Gasteiger partial charge in [0.1, 0.15) is 0 Å². The predicted octanol–water partition coefficient (Wildman–Crippen LogP) is 1.80. The normalized spacial score (nSPS) is 36.2. The molecule has 2 unspecified atom stereocenters. The number of fused-ring (bicyclic) bond motifs is 2. The third-order valence-corrected chi connectivity index (χ3v) is 4.12. The van der Waals surface area contributed by atoms with Crippen LogP contribution in [0.3, 0.4) is 0 Å². The first-order chi connectivity index (χ1) is 8.05. The molecule has 3 rings (SSSR count). The van der Waals surface area contributed by atoms with Crippen molar-refractivity contribution in [1.29, 1.82) is 0 Å². The molecule has 0 aliphatic carbocycles. The quantitative estimate of drug-likeness (QED) is 0.776. The van der Waals surface area contributed by atoms with Gasteiger partial charge in [0.05, 0.1) is 5.60 Å². The average Bonchev–Trinajstić information content (AvgIpc) is 2.57. The van der Waals surface area contributed by atoms with E-state index in [1.165, 1.54) is 12.8 Å². The van der Waals surface area contributed by atoms with Gasteiger partial charge in [-0.15, -0.1) is 0 Å². The van der Waals surface area contributed by atoms with E-state index >= 15 is 0 Å². The highest BCUT2D eigenvalue weighted by atomic mass is 16.3. The molecule has 3 heterocycles. The van der Waals surface area contributed by atoms with Crippen molar-refractivity contribution < 1.29 is 5.11 Å². The van der Waals surface area contributed by atoms with Crippen molar-refractivity contribution in [1.82, 2.24) is 10.3 Å². The van der Waals surface area contributed by atoms with Crippen LogP contribution < -0.4 is 5.32 Å². The fourth-order valence-corrected chi connectivity index (χ4v) is 3.46. The van der Waals surface area contributed by atoms with Crippen LogP contribution in [0.5, 0.6) is 0 Å². The van der Waals surface area contributed by atoms with Gasteiger partial charge in [-0.3, -0.25) is 4.98 Å². The fraction of sp³-hybridized carbons (Fsp3) is 0.643. The van der Waals surface area contributed by atoms with E-state index in [-0.39, 0.29) is 0 Å². The molecule has 17 heavy (non-hydrogen) atoms. The van der Waals surface area contributed by atoms with Gasteiger partial charge in [0.15, 0.2) is 0 Å². The van der Waals surface area contributed by atoms with E-state index in [1.807, 2.05) is 26.0 Å². The highest BCUT2D eigenvalue weighted by Crippen LogP contribution is 2.40. The summed E-state index contributed by atoms with van der Waals surface area (Å²) in [5.74, 6) is 0. The lowest BCUT2D eigenvalue weighted by atomic mass is 9.81. The predicted molar refractivity (Wildman–Crippen MR) is 66.8 cm³/mol. The van der Waals surface area contributed by atoms with Crippen molar-refractivity contribution in [3.8, 4) is 0 Å². The molecular formula is C14H20N2O. The number of nitrogens with one attached hydrogen (secondary N) is 1. The molecule has 0 aromatic carbocycles. The van der Waals surface area contributed by atoms with Crippen LogP contribution in [-0.4, -0.2) is 22.2 Å². The lowest BCUT2D eigenvalue weighted by Crippen LogP contribution is -2.46. The first kappa shape index (κ1) is 11.2. The molecule has 2 bridgehead atoms. The maximum atomic E-state index is 10.9. The van der Waals surface area contributed by atoms with Crippen molar-refractivity contribution in [2.75, 3.05) is 0 Å². The van der Waals surface area contributed by atoms with Crippen LogP contribution >= 0.6 is 0 Å². The third kappa shape index (κ3) is 1.98. The zero-order valence-electron chi connectivity index (χ0n) is 10.5. The van der Waals surface area contributed by atoms with Gasteiger partial charge in [0.25, 0.3) is 0 Å². The summed E-state index contributed by atoms with van der Waals surface area (Å²) in [5, 5.41) is 14.5. The van der Waals surface area contributed by atoms with Gasteiger partial charge in [-0.25, -0.2) is 0 Å². The Morgan fingerprint density at radius 3 is 2.24 bits per heavy atom. The molecule has 2 saturated heterocycles. The largest absolute Gasteiger partial charge is 0.385 e. The average molecular weight is 232 g/mol. The molecule has 0 saturated carbocycles. The van der Waals surface area contributed by atoms with Crippen molar-refractivity contribution in [3.63, 3.8) is 0 Å². The van der Waals surface area contributed by atoms with E-state index < -0.39 is 5.60 Å². The van der Waals surface area contributed by atoms with Crippen LogP contribution in [0.1, 0.15) is 42.6 Å². The van der Waals surface area contributed by atoms with Gasteiger partial charge in [-0.05, 0) is 57.2 Å². The molecule has 3 nitrogen and oxygen atoms in total. The number of nitrogens with zero attached hydrogens (tertiary/aromatic N) is 1. The molecule has 0 amide bonds. The molecule has 2 N–H and O–H groups in total. The lowest BCUT2D eigenvalue weighted by molar-refractivity contribution is -0.0116. The summed E-state index contributed by atoms with van der Waals surface area (Å²) in [5.41, 5.74) is 2.41. The molecule has 2 aliphatic rings. The number of rotatable bonds is 1. The summed E-state index contributed by atoms with van der Waals surface area (Å²) in [7, 11) is 0.